The first kappa shape index (κ1) is 14.5. The Hall–Kier alpha value is -1.45. The predicted molar refractivity (Wildman–Crippen MR) is 88.1 cm³/mol. The van der Waals surface area contributed by atoms with Crippen molar-refractivity contribution in [1.29, 1.82) is 0 Å². The second kappa shape index (κ2) is 6.12. The summed E-state index contributed by atoms with van der Waals surface area (Å²) in [5.41, 5.74) is 2.28. The van der Waals surface area contributed by atoms with Crippen molar-refractivity contribution in [1.82, 2.24) is 4.98 Å². The summed E-state index contributed by atoms with van der Waals surface area (Å²) in [4.78, 5) is 4.57. The Morgan fingerprint density at radius 3 is 2.71 bits per heavy atom. The van der Waals surface area contributed by atoms with Gasteiger partial charge in [-0.25, -0.2) is 4.39 Å². The molecule has 0 spiro atoms. The van der Waals surface area contributed by atoms with E-state index >= 15 is 0 Å². The Bertz CT molecular complexity index is 791. The molecule has 4 heteroatoms. The zero-order valence-electron chi connectivity index (χ0n) is 11.1. The Kier molecular flexibility index (Phi) is 4.22. The number of benzene rings is 2. The average molecular weight is 365 g/mol. The summed E-state index contributed by atoms with van der Waals surface area (Å²) in [5, 5.41) is 0.647. The van der Waals surface area contributed by atoms with Crippen LogP contribution in [-0.2, 0) is 6.42 Å². The molecule has 0 fully saturated rings. The fourth-order valence-electron chi connectivity index (χ4n) is 2.27. The van der Waals surface area contributed by atoms with Crippen LogP contribution in [0.5, 0.6) is 0 Å². The maximum atomic E-state index is 13.9. The molecule has 3 aromatic rings. The molecule has 0 saturated carbocycles. The molecule has 0 radical (unpaired) electrons. The highest BCUT2D eigenvalue weighted by Crippen LogP contribution is 2.29. The van der Waals surface area contributed by atoms with Crippen LogP contribution in [0.15, 0.2) is 59.1 Å². The molecule has 106 valence electrons. The van der Waals surface area contributed by atoms with Crippen LogP contribution in [0.3, 0.4) is 0 Å². The molecule has 1 unspecified atom stereocenters. The first-order valence-corrected chi connectivity index (χ1v) is 7.80. The van der Waals surface area contributed by atoms with Crippen LogP contribution in [0.1, 0.15) is 16.6 Å². The molecular weight excluding hydrogens is 353 g/mol. The highest BCUT2D eigenvalue weighted by atomic mass is 79.9. The van der Waals surface area contributed by atoms with E-state index in [4.69, 9.17) is 11.6 Å². The number of alkyl halides is 1. The van der Waals surface area contributed by atoms with Gasteiger partial charge >= 0.3 is 0 Å². The van der Waals surface area contributed by atoms with E-state index in [9.17, 15) is 4.39 Å². The number of hydrogen-bond donors (Lipinski definition) is 0. The van der Waals surface area contributed by atoms with E-state index in [1.54, 1.807) is 12.1 Å². The third kappa shape index (κ3) is 3.25. The van der Waals surface area contributed by atoms with Crippen molar-refractivity contribution in [3.8, 4) is 0 Å². The molecule has 1 nitrogen and oxygen atoms in total. The first-order valence-electron chi connectivity index (χ1n) is 6.57. The summed E-state index contributed by atoms with van der Waals surface area (Å²) < 4.78 is 14.6. The number of fused-ring (bicyclic) bond motifs is 1. The van der Waals surface area contributed by atoms with Gasteiger partial charge in [-0.15, -0.1) is 11.6 Å². The minimum absolute atomic E-state index is 0.301. The Balaban J connectivity index is 1.87. The number of rotatable bonds is 3. The number of hydrogen-bond acceptors (Lipinski definition) is 1. The topological polar surface area (TPSA) is 12.9 Å². The highest BCUT2D eigenvalue weighted by Gasteiger charge is 2.15. The lowest BCUT2D eigenvalue weighted by atomic mass is 10.1. The van der Waals surface area contributed by atoms with E-state index in [1.165, 1.54) is 6.07 Å². The van der Waals surface area contributed by atoms with E-state index in [-0.39, 0.29) is 5.82 Å². The molecule has 0 aliphatic carbocycles. The second-order valence-electron chi connectivity index (χ2n) is 4.83. The van der Waals surface area contributed by atoms with Crippen molar-refractivity contribution >= 4 is 38.4 Å². The minimum atomic E-state index is -0.438. The lowest BCUT2D eigenvalue weighted by molar-refractivity contribution is 0.604. The van der Waals surface area contributed by atoms with Gasteiger partial charge in [0.1, 0.15) is 5.82 Å². The largest absolute Gasteiger partial charge is 0.253 e. The first-order chi connectivity index (χ1) is 10.1. The SMILES string of the molecule is Fc1cc(Br)ccc1C(Cl)Cc1ccc2ccccc2n1. The molecule has 0 saturated heterocycles. The number of pyridine rings is 1. The van der Waals surface area contributed by atoms with Crippen LogP contribution in [0.2, 0.25) is 0 Å². The van der Waals surface area contributed by atoms with Crippen molar-refractivity contribution in [3.05, 3.63) is 76.1 Å². The van der Waals surface area contributed by atoms with Crippen molar-refractivity contribution in [2.24, 2.45) is 0 Å². The van der Waals surface area contributed by atoms with Gasteiger partial charge in [0.2, 0.25) is 0 Å². The molecule has 1 aromatic heterocycles. The summed E-state index contributed by atoms with van der Waals surface area (Å²) in [6.45, 7) is 0. The van der Waals surface area contributed by atoms with Gasteiger partial charge in [0, 0.05) is 27.5 Å². The molecule has 0 amide bonds. The molecular formula is C17H12BrClFN. The van der Waals surface area contributed by atoms with Crippen molar-refractivity contribution < 1.29 is 4.39 Å². The molecule has 21 heavy (non-hydrogen) atoms. The van der Waals surface area contributed by atoms with Gasteiger partial charge in [0.25, 0.3) is 0 Å². The quantitative estimate of drug-likeness (QED) is 0.547. The van der Waals surface area contributed by atoms with Gasteiger partial charge in [0.15, 0.2) is 0 Å². The third-order valence-corrected chi connectivity index (χ3v) is 4.23. The summed E-state index contributed by atoms with van der Waals surface area (Å²) in [7, 11) is 0. The van der Waals surface area contributed by atoms with E-state index in [0.717, 1.165) is 16.6 Å². The van der Waals surface area contributed by atoms with Gasteiger partial charge in [-0.3, -0.25) is 4.98 Å². The van der Waals surface area contributed by atoms with Crippen LogP contribution in [0.4, 0.5) is 4.39 Å². The fourth-order valence-corrected chi connectivity index (χ4v) is 2.94. The van der Waals surface area contributed by atoms with E-state index in [1.807, 2.05) is 36.4 Å². The average Bonchev–Trinajstić information content (AvgIpc) is 2.47. The molecule has 1 atom stereocenters. The Labute approximate surface area is 135 Å². The summed E-state index contributed by atoms with van der Waals surface area (Å²) in [6.07, 6.45) is 0.491. The second-order valence-corrected chi connectivity index (χ2v) is 6.28. The predicted octanol–water partition coefficient (Wildman–Crippen LogP) is 5.66. The third-order valence-electron chi connectivity index (χ3n) is 3.34. The smallest absolute Gasteiger partial charge is 0.129 e. The summed E-state index contributed by atoms with van der Waals surface area (Å²) >= 11 is 9.60. The zero-order chi connectivity index (χ0) is 14.8. The maximum absolute atomic E-state index is 13.9. The molecule has 2 aromatic carbocycles. The lowest BCUT2D eigenvalue weighted by Crippen LogP contribution is -2.01. The van der Waals surface area contributed by atoms with Crippen LogP contribution in [0, 0.1) is 5.82 Å². The van der Waals surface area contributed by atoms with Gasteiger partial charge in [-0.05, 0) is 24.3 Å². The summed E-state index contributed by atoms with van der Waals surface area (Å²) in [6, 6.07) is 16.8. The van der Waals surface area contributed by atoms with Crippen LogP contribution >= 0.6 is 27.5 Å². The number of para-hydroxylation sites is 1. The standard InChI is InChI=1S/C17H12BrClFN/c18-12-6-8-14(16(20)9-12)15(19)10-13-7-5-11-3-1-2-4-17(11)21-13/h1-9,15H,10H2. The molecule has 0 aliphatic heterocycles. The van der Waals surface area contributed by atoms with Crippen molar-refractivity contribution in [2.75, 3.05) is 0 Å². The number of nitrogens with zero attached hydrogens (tertiary/aromatic N) is 1. The molecule has 3 rings (SSSR count). The van der Waals surface area contributed by atoms with Crippen LogP contribution < -0.4 is 0 Å². The number of aromatic nitrogens is 1. The van der Waals surface area contributed by atoms with E-state index in [2.05, 4.69) is 20.9 Å². The number of halogens is 3. The van der Waals surface area contributed by atoms with Gasteiger partial charge in [-0.1, -0.05) is 46.3 Å². The monoisotopic (exact) mass is 363 g/mol. The van der Waals surface area contributed by atoms with Crippen molar-refractivity contribution in [3.63, 3.8) is 0 Å². The van der Waals surface area contributed by atoms with Gasteiger partial charge in [0.05, 0.1) is 10.9 Å². The Morgan fingerprint density at radius 1 is 1.10 bits per heavy atom. The maximum Gasteiger partial charge on any atom is 0.129 e. The zero-order valence-corrected chi connectivity index (χ0v) is 13.4. The normalized spacial score (nSPS) is 12.5. The fraction of sp³-hybridized carbons (Fsp3) is 0.118. The molecule has 0 N–H and O–H groups in total. The minimum Gasteiger partial charge on any atom is -0.253 e. The van der Waals surface area contributed by atoms with Gasteiger partial charge in [-0.2, -0.15) is 0 Å². The summed E-state index contributed by atoms with van der Waals surface area (Å²) in [5.74, 6) is -0.301. The lowest BCUT2D eigenvalue weighted by Gasteiger charge is -2.11. The van der Waals surface area contributed by atoms with Crippen LogP contribution in [0.25, 0.3) is 10.9 Å². The van der Waals surface area contributed by atoms with Crippen LogP contribution in [-0.4, -0.2) is 4.98 Å². The van der Waals surface area contributed by atoms with E-state index in [0.29, 0.717) is 16.5 Å². The molecule has 0 bridgehead atoms. The van der Waals surface area contributed by atoms with Gasteiger partial charge < -0.3 is 0 Å². The van der Waals surface area contributed by atoms with E-state index < -0.39 is 5.38 Å². The highest BCUT2D eigenvalue weighted by molar-refractivity contribution is 9.10. The molecule has 0 aliphatic rings. The Morgan fingerprint density at radius 2 is 1.90 bits per heavy atom. The van der Waals surface area contributed by atoms with Crippen molar-refractivity contribution in [2.45, 2.75) is 11.8 Å². The molecule has 1 heterocycles.